The third kappa shape index (κ3) is 2.73. The van der Waals surface area contributed by atoms with Gasteiger partial charge in [0.1, 0.15) is 6.54 Å². The summed E-state index contributed by atoms with van der Waals surface area (Å²) >= 11 is 3.44. The molecule has 106 valence electrons. The van der Waals surface area contributed by atoms with Crippen molar-refractivity contribution in [1.29, 1.82) is 5.26 Å². The molecule has 1 aromatic rings. The number of benzene rings is 1. The number of hydrogen-bond donors (Lipinski definition) is 0. The summed E-state index contributed by atoms with van der Waals surface area (Å²) < 4.78 is 1.02. The second-order valence-corrected chi connectivity index (χ2v) is 6.19. The molecule has 0 aromatic heterocycles. The lowest BCUT2D eigenvalue weighted by molar-refractivity contribution is -0.136. The molecule has 4 heteroatoms. The highest BCUT2D eigenvalue weighted by atomic mass is 79.9. The number of halogens is 1. The molecule has 0 radical (unpaired) electrons. The van der Waals surface area contributed by atoms with Gasteiger partial charge in [0.05, 0.1) is 11.5 Å². The lowest BCUT2D eigenvalue weighted by Crippen LogP contribution is -2.45. The van der Waals surface area contributed by atoms with Crippen LogP contribution < -0.4 is 0 Å². The zero-order valence-electron chi connectivity index (χ0n) is 11.7. The number of likely N-dealkylation sites (N-methyl/N-ethyl adjacent to an activating group) is 1. The van der Waals surface area contributed by atoms with Gasteiger partial charge in [-0.05, 0) is 37.5 Å². The molecule has 2 rings (SSSR count). The van der Waals surface area contributed by atoms with E-state index < -0.39 is 5.41 Å². The van der Waals surface area contributed by atoms with Crippen molar-refractivity contribution in [3.05, 3.63) is 34.3 Å². The van der Waals surface area contributed by atoms with E-state index in [0.717, 1.165) is 35.7 Å². The molecule has 20 heavy (non-hydrogen) atoms. The minimum atomic E-state index is -0.423. The fourth-order valence-corrected chi connectivity index (χ4v) is 3.35. The first-order valence-electron chi connectivity index (χ1n) is 7.06. The topological polar surface area (TPSA) is 44.1 Å². The summed E-state index contributed by atoms with van der Waals surface area (Å²) in [5, 5.41) is 8.90. The summed E-state index contributed by atoms with van der Waals surface area (Å²) in [4.78, 5) is 14.6. The fourth-order valence-electron chi connectivity index (χ4n) is 3.09. The van der Waals surface area contributed by atoms with Crippen LogP contribution in [0.25, 0.3) is 0 Å². The monoisotopic (exact) mass is 334 g/mol. The molecule has 1 fully saturated rings. The molecule has 1 aliphatic carbocycles. The molecule has 0 saturated heterocycles. The second-order valence-electron chi connectivity index (χ2n) is 5.27. The number of rotatable bonds is 4. The van der Waals surface area contributed by atoms with Crippen molar-refractivity contribution in [2.75, 3.05) is 13.1 Å². The molecule has 0 bridgehead atoms. The maximum Gasteiger partial charge on any atom is 0.234 e. The van der Waals surface area contributed by atoms with Crippen LogP contribution in [-0.2, 0) is 10.2 Å². The number of nitrogens with zero attached hydrogens (tertiary/aromatic N) is 2. The van der Waals surface area contributed by atoms with Gasteiger partial charge in [0.25, 0.3) is 0 Å². The molecule has 0 N–H and O–H groups in total. The van der Waals surface area contributed by atoms with Gasteiger partial charge < -0.3 is 4.90 Å². The Morgan fingerprint density at radius 2 is 1.95 bits per heavy atom. The highest BCUT2D eigenvalue weighted by Crippen LogP contribution is 2.42. The highest BCUT2D eigenvalue weighted by molar-refractivity contribution is 9.10. The Hall–Kier alpha value is -1.34. The molecule has 1 saturated carbocycles. The molecule has 3 nitrogen and oxygen atoms in total. The van der Waals surface area contributed by atoms with Gasteiger partial charge in [-0.15, -0.1) is 0 Å². The van der Waals surface area contributed by atoms with Gasteiger partial charge in [-0.25, -0.2) is 0 Å². The Kier molecular flexibility index (Phi) is 4.82. The molecule has 0 spiro atoms. The zero-order valence-corrected chi connectivity index (χ0v) is 13.3. The second kappa shape index (κ2) is 6.41. The molecule has 0 atom stereocenters. The van der Waals surface area contributed by atoms with E-state index in [4.69, 9.17) is 5.26 Å². The third-order valence-corrected chi connectivity index (χ3v) is 4.72. The van der Waals surface area contributed by atoms with Crippen LogP contribution in [0, 0.1) is 11.3 Å². The van der Waals surface area contributed by atoms with Crippen molar-refractivity contribution in [1.82, 2.24) is 4.90 Å². The SMILES string of the molecule is CCN(CC#N)C(=O)C1(c2ccc(Br)cc2)CCCC1. The average molecular weight is 335 g/mol. The van der Waals surface area contributed by atoms with Crippen molar-refractivity contribution in [2.45, 2.75) is 38.0 Å². The van der Waals surface area contributed by atoms with Gasteiger partial charge in [0, 0.05) is 11.0 Å². The van der Waals surface area contributed by atoms with E-state index in [-0.39, 0.29) is 12.5 Å². The first-order chi connectivity index (χ1) is 9.64. The standard InChI is InChI=1S/C16H19BrN2O/c1-2-19(12-11-18)15(20)16(9-3-4-10-16)13-5-7-14(17)8-6-13/h5-8H,2-4,9-10,12H2,1H3. The Balaban J connectivity index is 2.37. The van der Waals surface area contributed by atoms with Gasteiger partial charge in [-0.3, -0.25) is 4.79 Å². The molecular weight excluding hydrogens is 316 g/mol. The maximum atomic E-state index is 12.9. The number of amides is 1. The van der Waals surface area contributed by atoms with Crippen LogP contribution in [0.1, 0.15) is 38.2 Å². The third-order valence-electron chi connectivity index (χ3n) is 4.19. The molecule has 0 heterocycles. The van der Waals surface area contributed by atoms with E-state index in [2.05, 4.69) is 22.0 Å². The molecule has 0 aliphatic heterocycles. The minimum Gasteiger partial charge on any atom is -0.329 e. The number of nitriles is 1. The van der Waals surface area contributed by atoms with Crippen LogP contribution in [-0.4, -0.2) is 23.9 Å². The van der Waals surface area contributed by atoms with Gasteiger partial charge in [0.15, 0.2) is 0 Å². The van der Waals surface area contributed by atoms with Gasteiger partial charge >= 0.3 is 0 Å². The Morgan fingerprint density at radius 1 is 1.35 bits per heavy atom. The van der Waals surface area contributed by atoms with Crippen LogP contribution in [0.4, 0.5) is 0 Å². The number of hydrogen-bond acceptors (Lipinski definition) is 2. The summed E-state index contributed by atoms with van der Waals surface area (Å²) in [6.45, 7) is 2.69. The van der Waals surface area contributed by atoms with Crippen LogP contribution in [0.3, 0.4) is 0 Å². The van der Waals surface area contributed by atoms with Crippen molar-refractivity contribution in [3.8, 4) is 6.07 Å². The quantitative estimate of drug-likeness (QED) is 0.789. The molecule has 0 unspecified atom stereocenters. The first-order valence-corrected chi connectivity index (χ1v) is 7.85. The predicted molar refractivity (Wildman–Crippen MR) is 82.2 cm³/mol. The Morgan fingerprint density at radius 3 is 2.45 bits per heavy atom. The van der Waals surface area contributed by atoms with Crippen molar-refractivity contribution in [2.24, 2.45) is 0 Å². The van der Waals surface area contributed by atoms with Crippen LogP contribution in [0.15, 0.2) is 28.7 Å². The van der Waals surface area contributed by atoms with E-state index in [0.29, 0.717) is 6.54 Å². The van der Waals surface area contributed by atoms with E-state index >= 15 is 0 Å². The van der Waals surface area contributed by atoms with Crippen LogP contribution >= 0.6 is 15.9 Å². The smallest absolute Gasteiger partial charge is 0.234 e. The number of carbonyl (C=O) groups is 1. The fraction of sp³-hybridized carbons (Fsp3) is 0.500. The summed E-state index contributed by atoms with van der Waals surface area (Å²) in [5.41, 5.74) is 0.660. The van der Waals surface area contributed by atoms with Crippen molar-refractivity contribution in [3.63, 3.8) is 0 Å². The van der Waals surface area contributed by atoms with E-state index in [9.17, 15) is 4.79 Å². The summed E-state index contributed by atoms with van der Waals surface area (Å²) in [6.07, 6.45) is 3.92. The summed E-state index contributed by atoms with van der Waals surface area (Å²) in [5.74, 6) is 0.112. The molecule has 1 aromatic carbocycles. The minimum absolute atomic E-state index is 0.112. The zero-order chi connectivity index (χ0) is 14.6. The lowest BCUT2D eigenvalue weighted by atomic mass is 9.77. The lowest BCUT2D eigenvalue weighted by Gasteiger charge is -2.33. The highest BCUT2D eigenvalue weighted by Gasteiger charge is 2.44. The maximum absolute atomic E-state index is 12.9. The molecule has 1 amide bonds. The van der Waals surface area contributed by atoms with Crippen molar-refractivity contribution < 1.29 is 4.79 Å². The largest absolute Gasteiger partial charge is 0.329 e. The molecule has 1 aliphatic rings. The first kappa shape index (κ1) is 15.1. The van der Waals surface area contributed by atoms with Crippen LogP contribution in [0.5, 0.6) is 0 Å². The molecular formula is C16H19BrN2O. The van der Waals surface area contributed by atoms with Crippen molar-refractivity contribution >= 4 is 21.8 Å². The summed E-state index contributed by atoms with van der Waals surface area (Å²) in [6, 6.07) is 10.1. The van der Waals surface area contributed by atoms with Gasteiger partial charge in [0.2, 0.25) is 5.91 Å². The van der Waals surface area contributed by atoms with Gasteiger partial charge in [-0.2, -0.15) is 5.26 Å². The summed E-state index contributed by atoms with van der Waals surface area (Å²) in [7, 11) is 0. The van der Waals surface area contributed by atoms with E-state index in [1.165, 1.54) is 0 Å². The number of carbonyl (C=O) groups excluding carboxylic acids is 1. The van der Waals surface area contributed by atoms with E-state index in [1.807, 2.05) is 31.2 Å². The van der Waals surface area contributed by atoms with Crippen LogP contribution in [0.2, 0.25) is 0 Å². The van der Waals surface area contributed by atoms with Gasteiger partial charge in [-0.1, -0.05) is 40.9 Å². The predicted octanol–water partition coefficient (Wildman–Crippen LogP) is 3.63. The normalized spacial score (nSPS) is 16.6. The van der Waals surface area contributed by atoms with E-state index in [1.54, 1.807) is 4.90 Å². The average Bonchev–Trinajstić information content (AvgIpc) is 2.95. The Labute approximate surface area is 128 Å². The Bertz CT molecular complexity index is 512.